The van der Waals surface area contributed by atoms with E-state index in [0.29, 0.717) is 0 Å². The molecule has 0 spiro atoms. The van der Waals surface area contributed by atoms with E-state index < -0.39 is 34.4 Å². The Morgan fingerprint density at radius 2 is 1.72 bits per heavy atom. The summed E-state index contributed by atoms with van der Waals surface area (Å²) in [5, 5.41) is 21.1. The van der Waals surface area contributed by atoms with Crippen LogP contribution in [0.3, 0.4) is 0 Å². The zero-order chi connectivity index (χ0) is 18.6. The molecule has 132 valence electrons. The van der Waals surface area contributed by atoms with Gasteiger partial charge < -0.3 is 24.4 Å². The number of methoxy groups -OCH3 is 3. The molecule has 0 amide bonds. The quantitative estimate of drug-likeness (QED) is 0.594. The zero-order valence-electron chi connectivity index (χ0n) is 14.0. The van der Waals surface area contributed by atoms with Gasteiger partial charge in [-0.25, -0.2) is 4.79 Å². The molecule has 1 aliphatic rings. The summed E-state index contributed by atoms with van der Waals surface area (Å²) in [5.74, 6) is -3.40. The highest BCUT2D eigenvalue weighted by Crippen LogP contribution is 2.41. The first-order chi connectivity index (χ1) is 11.9. The summed E-state index contributed by atoms with van der Waals surface area (Å²) in [7, 11) is 3.41. The van der Waals surface area contributed by atoms with Gasteiger partial charge in [0.2, 0.25) is 5.76 Å². The summed E-state index contributed by atoms with van der Waals surface area (Å²) in [4.78, 5) is 24.7. The van der Waals surface area contributed by atoms with Gasteiger partial charge in [0, 0.05) is 0 Å². The zero-order valence-corrected chi connectivity index (χ0v) is 14.0. The van der Waals surface area contributed by atoms with Gasteiger partial charge in [-0.3, -0.25) is 4.79 Å². The van der Waals surface area contributed by atoms with Crippen molar-refractivity contribution in [3.63, 3.8) is 0 Å². The van der Waals surface area contributed by atoms with E-state index in [9.17, 15) is 19.8 Å². The normalized spacial score (nSPS) is 20.2. The van der Waals surface area contributed by atoms with Crippen LogP contribution in [-0.4, -0.2) is 48.9 Å². The van der Waals surface area contributed by atoms with Gasteiger partial charge in [0.15, 0.2) is 17.3 Å². The molecule has 1 atom stereocenters. The molecule has 7 heteroatoms. The van der Waals surface area contributed by atoms with Crippen LogP contribution in [0.5, 0.6) is 0 Å². The standard InChI is InChI=1S/C18H18O7/c1-23-15-14(20)13(18(22,16(15)24-2)17(21)25-3)12(19)10-9-11-7-5-4-6-8-11/h4-10,20,22H,1-3H3. The van der Waals surface area contributed by atoms with Crippen LogP contribution in [0, 0.1) is 0 Å². The molecule has 2 N–H and O–H groups in total. The van der Waals surface area contributed by atoms with Crippen molar-refractivity contribution < 1.29 is 34.0 Å². The fraction of sp³-hybridized carbons (Fsp3) is 0.222. The summed E-state index contributed by atoms with van der Waals surface area (Å²) >= 11 is 0. The highest BCUT2D eigenvalue weighted by atomic mass is 16.6. The van der Waals surface area contributed by atoms with Gasteiger partial charge in [0.05, 0.1) is 26.9 Å². The average molecular weight is 346 g/mol. The van der Waals surface area contributed by atoms with Crippen molar-refractivity contribution in [3.8, 4) is 0 Å². The number of aliphatic hydroxyl groups is 2. The van der Waals surface area contributed by atoms with Gasteiger partial charge >= 0.3 is 5.97 Å². The number of esters is 1. The van der Waals surface area contributed by atoms with Crippen molar-refractivity contribution in [2.75, 3.05) is 21.3 Å². The first-order valence-electron chi connectivity index (χ1n) is 7.26. The van der Waals surface area contributed by atoms with Gasteiger partial charge in [-0.2, -0.15) is 0 Å². The Morgan fingerprint density at radius 1 is 1.08 bits per heavy atom. The lowest BCUT2D eigenvalue weighted by Crippen LogP contribution is -2.44. The first kappa shape index (κ1) is 18.3. The molecule has 0 radical (unpaired) electrons. The van der Waals surface area contributed by atoms with Crippen molar-refractivity contribution >= 4 is 17.8 Å². The molecule has 0 saturated heterocycles. The fourth-order valence-electron chi connectivity index (χ4n) is 2.56. The van der Waals surface area contributed by atoms with Crippen molar-refractivity contribution in [2.24, 2.45) is 0 Å². The number of carbonyl (C=O) groups excluding carboxylic acids is 2. The summed E-state index contributed by atoms with van der Waals surface area (Å²) in [6.45, 7) is 0. The molecule has 1 aromatic rings. The third-order valence-corrected chi connectivity index (χ3v) is 3.71. The Hall–Kier alpha value is -3.06. The average Bonchev–Trinajstić information content (AvgIpc) is 2.86. The summed E-state index contributed by atoms with van der Waals surface area (Å²) in [5.41, 5.74) is -2.47. The number of allylic oxidation sites excluding steroid dienone is 1. The van der Waals surface area contributed by atoms with Crippen LogP contribution in [0.4, 0.5) is 0 Å². The SMILES string of the molecule is COC(=O)C1(O)C(OC)=C(OC)C(O)=C1C(=O)C=Cc1ccccc1. The predicted molar refractivity (Wildman–Crippen MR) is 88.1 cm³/mol. The number of ketones is 1. The molecule has 0 fully saturated rings. The molecule has 1 unspecified atom stereocenters. The highest BCUT2D eigenvalue weighted by Gasteiger charge is 2.57. The van der Waals surface area contributed by atoms with Crippen LogP contribution in [0.25, 0.3) is 6.08 Å². The van der Waals surface area contributed by atoms with Crippen LogP contribution in [0.15, 0.2) is 59.3 Å². The molecule has 2 rings (SSSR count). The lowest BCUT2D eigenvalue weighted by Gasteiger charge is -2.23. The summed E-state index contributed by atoms with van der Waals surface area (Å²) in [6, 6.07) is 8.92. The van der Waals surface area contributed by atoms with Crippen LogP contribution < -0.4 is 0 Å². The molecule has 0 aromatic heterocycles. The highest BCUT2D eigenvalue weighted by molar-refractivity contribution is 6.14. The lowest BCUT2D eigenvalue weighted by molar-refractivity contribution is -0.158. The Balaban J connectivity index is 2.50. The smallest absolute Gasteiger partial charge is 0.351 e. The third-order valence-electron chi connectivity index (χ3n) is 3.71. The largest absolute Gasteiger partial charge is 0.504 e. The molecule has 0 heterocycles. The second-order valence-electron chi connectivity index (χ2n) is 5.10. The van der Waals surface area contributed by atoms with Gasteiger partial charge in [-0.1, -0.05) is 36.4 Å². The molecule has 7 nitrogen and oxygen atoms in total. The molecule has 0 bridgehead atoms. The topological polar surface area (TPSA) is 102 Å². The van der Waals surface area contributed by atoms with Crippen molar-refractivity contribution in [2.45, 2.75) is 5.60 Å². The summed E-state index contributed by atoms with van der Waals surface area (Å²) in [6.07, 6.45) is 2.61. The van der Waals surface area contributed by atoms with Crippen LogP contribution >= 0.6 is 0 Å². The Kier molecular flexibility index (Phi) is 5.29. The minimum Gasteiger partial charge on any atom is -0.504 e. The second kappa shape index (κ2) is 7.23. The van der Waals surface area contributed by atoms with E-state index in [2.05, 4.69) is 4.74 Å². The number of carbonyl (C=O) groups is 2. The minimum absolute atomic E-state index is 0.313. The number of benzene rings is 1. The van der Waals surface area contributed by atoms with Crippen LogP contribution in [0.2, 0.25) is 0 Å². The maximum Gasteiger partial charge on any atom is 0.351 e. The number of rotatable bonds is 6. The lowest BCUT2D eigenvalue weighted by atomic mass is 9.91. The maximum atomic E-state index is 12.6. The van der Waals surface area contributed by atoms with E-state index >= 15 is 0 Å². The minimum atomic E-state index is -2.60. The molecule has 0 aliphatic heterocycles. The fourth-order valence-corrected chi connectivity index (χ4v) is 2.56. The molecular formula is C18H18O7. The van der Waals surface area contributed by atoms with Crippen LogP contribution in [-0.2, 0) is 23.8 Å². The number of hydrogen-bond acceptors (Lipinski definition) is 7. The third kappa shape index (κ3) is 3.01. The van der Waals surface area contributed by atoms with E-state index in [1.807, 2.05) is 6.07 Å². The van der Waals surface area contributed by atoms with E-state index in [0.717, 1.165) is 18.7 Å². The maximum absolute atomic E-state index is 12.6. The van der Waals surface area contributed by atoms with Crippen LogP contribution in [0.1, 0.15) is 5.56 Å². The van der Waals surface area contributed by atoms with Gasteiger partial charge in [0.25, 0.3) is 5.60 Å². The number of ether oxygens (including phenoxy) is 3. The first-order valence-corrected chi connectivity index (χ1v) is 7.26. The van der Waals surface area contributed by atoms with Crippen molar-refractivity contribution in [1.82, 2.24) is 0 Å². The number of aliphatic hydroxyl groups excluding tert-OH is 1. The second-order valence-corrected chi connectivity index (χ2v) is 5.10. The van der Waals surface area contributed by atoms with E-state index in [1.54, 1.807) is 24.3 Å². The number of hydrogen-bond donors (Lipinski definition) is 2. The van der Waals surface area contributed by atoms with Crippen molar-refractivity contribution in [1.29, 1.82) is 0 Å². The molecule has 25 heavy (non-hydrogen) atoms. The van der Waals surface area contributed by atoms with E-state index in [1.165, 1.54) is 20.3 Å². The summed E-state index contributed by atoms with van der Waals surface area (Å²) < 4.78 is 14.5. The molecule has 0 saturated carbocycles. The van der Waals surface area contributed by atoms with Crippen molar-refractivity contribution in [3.05, 3.63) is 64.8 Å². The Labute approximate surface area is 144 Å². The van der Waals surface area contributed by atoms with Gasteiger partial charge in [-0.15, -0.1) is 0 Å². The Morgan fingerprint density at radius 3 is 2.24 bits per heavy atom. The van der Waals surface area contributed by atoms with E-state index in [4.69, 9.17) is 9.47 Å². The predicted octanol–water partition coefficient (Wildman–Crippen LogP) is 1.50. The molecule has 1 aliphatic carbocycles. The monoisotopic (exact) mass is 346 g/mol. The van der Waals surface area contributed by atoms with Gasteiger partial charge in [0.1, 0.15) is 0 Å². The Bertz CT molecular complexity index is 774. The molecule has 1 aromatic carbocycles. The van der Waals surface area contributed by atoms with E-state index in [-0.39, 0.29) is 5.76 Å². The molecular weight excluding hydrogens is 328 g/mol. The van der Waals surface area contributed by atoms with Gasteiger partial charge in [-0.05, 0) is 11.6 Å².